The van der Waals surface area contributed by atoms with Gasteiger partial charge in [0, 0.05) is 18.9 Å². The molecule has 0 rings (SSSR count). The largest absolute Gasteiger partial charge is 0.409 e. The molecule has 0 saturated heterocycles. The number of nitrogens with two attached hydrogens (primary N) is 1. The zero-order valence-electron chi connectivity index (χ0n) is 9.66. The number of nitrogens with one attached hydrogen (secondary N) is 1. The molecule has 0 aliphatic carbocycles. The molecule has 0 aliphatic rings. The number of amides is 1. The van der Waals surface area contributed by atoms with Crippen LogP contribution in [0.4, 0.5) is 0 Å². The van der Waals surface area contributed by atoms with Gasteiger partial charge in [-0.05, 0) is 19.3 Å². The molecule has 5 heteroatoms. The van der Waals surface area contributed by atoms with Crippen LogP contribution in [0.15, 0.2) is 5.16 Å². The quantitative estimate of drug-likeness (QED) is 0.268. The molecule has 0 aromatic heterocycles. The van der Waals surface area contributed by atoms with Crippen LogP contribution in [-0.2, 0) is 4.79 Å². The minimum absolute atomic E-state index is 0.0157. The fourth-order valence-corrected chi connectivity index (χ4v) is 1.17. The van der Waals surface area contributed by atoms with E-state index >= 15 is 0 Å². The van der Waals surface area contributed by atoms with Crippen molar-refractivity contribution in [3.8, 4) is 0 Å². The van der Waals surface area contributed by atoms with Crippen molar-refractivity contribution in [2.75, 3.05) is 0 Å². The lowest BCUT2D eigenvalue weighted by atomic mass is 10.1. The molecule has 15 heavy (non-hydrogen) atoms. The molecule has 0 heterocycles. The van der Waals surface area contributed by atoms with E-state index in [1.165, 1.54) is 0 Å². The van der Waals surface area contributed by atoms with Gasteiger partial charge in [0.1, 0.15) is 5.84 Å². The average Bonchev–Trinajstić information content (AvgIpc) is 2.14. The molecule has 0 aliphatic heterocycles. The van der Waals surface area contributed by atoms with Crippen molar-refractivity contribution in [1.82, 2.24) is 5.32 Å². The van der Waals surface area contributed by atoms with E-state index in [-0.39, 0.29) is 17.8 Å². The highest BCUT2D eigenvalue weighted by Gasteiger charge is 2.09. The third-order valence-corrected chi connectivity index (χ3v) is 2.00. The number of carbonyl (C=O) groups excluding carboxylic acids is 1. The molecular formula is C10H21N3O2. The zero-order chi connectivity index (χ0) is 11.8. The predicted octanol–water partition coefficient (Wildman–Crippen LogP) is 1.06. The zero-order valence-corrected chi connectivity index (χ0v) is 9.66. The van der Waals surface area contributed by atoms with Crippen LogP contribution in [0, 0.1) is 5.92 Å². The maximum Gasteiger partial charge on any atom is 0.220 e. The SMILES string of the molecule is CC(C)CCC(=O)NC(C)CC(N)=NO. The number of hydrogen-bond acceptors (Lipinski definition) is 3. The lowest BCUT2D eigenvalue weighted by Crippen LogP contribution is -2.35. The second-order valence-electron chi connectivity index (χ2n) is 4.20. The lowest BCUT2D eigenvalue weighted by molar-refractivity contribution is -0.121. The summed E-state index contributed by atoms with van der Waals surface area (Å²) >= 11 is 0. The van der Waals surface area contributed by atoms with Crippen LogP contribution in [0.25, 0.3) is 0 Å². The van der Waals surface area contributed by atoms with Gasteiger partial charge in [0.05, 0.1) is 0 Å². The summed E-state index contributed by atoms with van der Waals surface area (Å²) < 4.78 is 0. The van der Waals surface area contributed by atoms with E-state index in [9.17, 15) is 4.79 Å². The van der Waals surface area contributed by atoms with Gasteiger partial charge in [-0.25, -0.2) is 0 Å². The topological polar surface area (TPSA) is 87.7 Å². The number of hydrogen-bond donors (Lipinski definition) is 3. The number of amidine groups is 1. The van der Waals surface area contributed by atoms with Crippen molar-refractivity contribution in [3.05, 3.63) is 0 Å². The van der Waals surface area contributed by atoms with Crippen LogP contribution in [0.1, 0.15) is 40.0 Å². The van der Waals surface area contributed by atoms with Crippen molar-refractivity contribution in [3.63, 3.8) is 0 Å². The molecule has 1 unspecified atom stereocenters. The molecule has 0 aromatic rings. The fourth-order valence-electron chi connectivity index (χ4n) is 1.17. The summed E-state index contributed by atoms with van der Waals surface area (Å²) in [6.45, 7) is 5.98. The van der Waals surface area contributed by atoms with Crippen LogP contribution in [0.5, 0.6) is 0 Å². The van der Waals surface area contributed by atoms with Gasteiger partial charge < -0.3 is 16.3 Å². The van der Waals surface area contributed by atoms with Crippen molar-refractivity contribution in [2.24, 2.45) is 16.8 Å². The Morgan fingerprint density at radius 2 is 2.07 bits per heavy atom. The summed E-state index contributed by atoms with van der Waals surface area (Å²) in [6, 6.07) is -0.0967. The van der Waals surface area contributed by atoms with Crippen molar-refractivity contribution >= 4 is 11.7 Å². The Kier molecular flexibility index (Phi) is 6.49. The molecule has 0 bridgehead atoms. The average molecular weight is 215 g/mol. The maximum atomic E-state index is 11.4. The van der Waals surface area contributed by atoms with Gasteiger partial charge in [-0.3, -0.25) is 4.79 Å². The molecule has 1 atom stereocenters. The van der Waals surface area contributed by atoms with Crippen LogP contribution in [0.3, 0.4) is 0 Å². The van der Waals surface area contributed by atoms with Crippen molar-refractivity contribution in [2.45, 2.75) is 46.1 Å². The van der Waals surface area contributed by atoms with Gasteiger partial charge >= 0.3 is 0 Å². The summed E-state index contributed by atoms with van der Waals surface area (Å²) in [6.07, 6.45) is 1.77. The highest BCUT2D eigenvalue weighted by Crippen LogP contribution is 2.03. The van der Waals surface area contributed by atoms with Crippen LogP contribution >= 0.6 is 0 Å². The van der Waals surface area contributed by atoms with Crippen molar-refractivity contribution in [1.29, 1.82) is 0 Å². The monoisotopic (exact) mass is 215 g/mol. The van der Waals surface area contributed by atoms with Gasteiger partial charge in [-0.1, -0.05) is 19.0 Å². The summed E-state index contributed by atoms with van der Waals surface area (Å²) in [4.78, 5) is 11.4. The van der Waals surface area contributed by atoms with E-state index in [0.29, 0.717) is 18.8 Å². The molecule has 4 N–H and O–H groups in total. The van der Waals surface area contributed by atoms with Crippen LogP contribution < -0.4 is 11.1 Å². The molecule has 0 aromatic carbocycles. The molecule has 1 amide bonds. The first kappa shape index (κ1) is 13.7. The Labute approximate surface area is 90.7 Å². The maximum absolute atomic E-state index is 11.4. The summed E-state index contributed by atoms with van der Waals surface area (Å²) in [5.41, 5.74) is 5.32. The molecule has 0 radical (unpaired) electrons. The first-order valence-electron chi connectivity index (χ1n) is 5.21. The summed E-state index contributed by atoms with van der Waals surface area (Å²) in [7, 11) is 0. The molecular weight excluding hydrogens is 194 g/mol. The minimum Gasteiger partial charge on any atom is -0.409 e. The third-order valence-electron chi connectivity index (χ3n) is 2.00. The minimum atomic E-state index is -0.0967. The first-order valence-corrected chi connectivity index (χ1v) is 5.21. The second kappa shape index (κ2) is 7.09. The highest BCUT2D eigenvalue weighted by molar-refractivity contribution is 5.81. The molecule has 0 saturated carbocycles. The molecule has 0 fully saturated rings. The highest BCUT2D eigenvalue weighted by atomic mass is 16.4. The van der Waals surface area contributed by atoms with Crippen LogP contribution in [0.2, 0.25) is 0 Å². The van der Waals surface area contributed by atoms with E-state index in [0.717, 1.165) is 6.42 Å². The number of nitrogens with zero attached hydrogens (tertiary/aromatic N) is 1. The van der Waals surface area contributed by atoms with Gasteiger partial charge in [0.2, 0.25) is 5.91 Å². The second-order valence-corrected chi connectivity index (χ2v) is 4.20. The fraction of sp³-hybridized carbons (Fsp3) is 0.800. The standard InChI is InChI=1S/C10H21N3O2/c1-7(2)4-5-10(14)12-8(3)6-9(11)13-15/h7-8,15H,4-6H2,1-3H3,(H2,11,13)(H,12,14). The van der Waals surface area contributed by atoms with Gasteiger partial charge in [-0.15, -0.1) is 0 Å². The lowest BCUT2D eigenvalue weighted by Gasteiger charge is -2.13. The molecule has 5 nitrogen and oxygen atoms in total. The van der Waals surface area contributed by atoms with E-state index < -0.39 is 0 Å². The normalized spacial score (nSPS) is 14.0. The molecule has 0 spiro atoms. The Bertz CT molecular complexity index is 227. The number of carbonyl (C=O) groups is 1. The number of oxime groups is 1. The van der Waals surface area contributed by atoms with E-state index in [2.05, 4.69) is 24.3 Å². The first-order chi connectivity index (χ1) is 6.95. The number of rotatable bonds is 6. The van der Waals surface area contributed by atoms with Gasteiger partial charge in [0.15, 0.2) is 0 Å². The van der Waals surface area contributed by atoms with E-state index in [4.69, 9.17) is 10.9 Å². The Balaban J connectivity index is 3.76. The van der Waals surface area contributed by atoms with Gasteiger partial charge in [-0.2, -0.15) is 0 Å². The van der Waals surface area contributed by atoms with E-state index in [1.54, 1.807) is 0 Å². The Morgan fingerprint density at radius 1 is 1.47 bits per heavy atom. The predicted molar refractivity (Wildman–Crippen MR) is 59.7 cm³/mol. The smallest absolute Gasteiger partial charge is 0.220 e. The van der Waals surface area contributed by atoms with Crippen molar-refractivity contribution < 1.29 is 10.0 Å². The summed E-state index contributed by atoms with van der Waals surface area (Å²) in [5.74, 6) is 0.670. The van der Waals surface area contributed by atoms with Crippen LogP contribution in [-0.4, -0.2) is 23.0 Å². The summed E-state index contributed by atoms with van der Waals surface area (Å²) in [5, 5.41) is 14.0. The van der Waals surface area contributed by atoms with Gasteiger partial charge in [0.25, 0.3) is 0 Å². The Hall–Kier alpha value is -1.26. The molecule has 88 valence electrons. The third kappa shape index (κ3) is 7.78. The van der Waals surface area contributed by atoms with E-state index in [1.807, 2.05) is 6.92 Å². The Morgan fingerprint density at radius 3 is 2.53 bits per heavy atom.